The lowest BCUT2D eigenvalue weighted by Crippen LogP contribution is -2.39. The molecular formula is C13H29N3O2. The Bertz CT molecular complexity index is 227. The average molecular weight is 259 g/mol. The summed E-state index contributed by atoms with van der Waals surface area (Å²) in [5.74, 6) is 0.104. The van der Waals surface area contributed by atoms with Gasteiger partial charge in [-0.2, -0.15) is 0 Å². The fourth-order valence-corrected chi connectivity index (χ4v) is 1.38. The first kappa shape index (κ1) is 17.4. The summed E-state index contributed by atoms with van der Waals surface area (Å²) >= 11 is 0. The van der Waals surface area contributed by atoms with Gasteiger partial charge in [0.15, 0.2) is 0 Å². The molecule has 108 valence electrons. The molecule has 0 bridgehead atoms. The predicted molar refractivity (Wildman–Crippen MR) is 74.8 cm³/mol. The van der Waals surface area contributed by atoms with Crippen molar-refractivity contribution in [2.24, 2.45) is 0 Å². The Morgan fingerprint density at radius 1 is 1.22 bits per heavy atom. The second kappa shape index (κ2) is 9.30. The molecule has 0 aliphatic heterocycles. The maximum atomic E-state index is 11.5. The molecule has 0 heterocycles. The van der Waals surface area contributed by atoms with E-state index >= 15 is 0 Å². The molecule has 0 fully saturated rings. The van der Waals surface area contributed by atoms with Crippen LogP contribution in [-0.2, 0) is 9.53 Å². The van der Waals surface area contributed by atoms with Crippen LogP contribution < -0.4 is 10.6 Å². The summed E-state index contributed by atoms with van der Waals surface area (Å²) in [7, 11) is 3.71. The smallest absolute Gasteiger partial charge is 0.221 e. The third kappa shape index (κ3) is 11.8. The van der Waals surface area contributed by atoms with Gasteiger partial charge in [0.2, 0.25) is 5.91 Å². The Kier molecular flexibility index (Phi) is 8.97. The minimum absolute atomic E-state index is 0.0701. The Balaban J connectivity index is 3.48. The van der Waals surface area contributed by atoms with E-state index < -0.39 is 0 Å². The number of likely N-dealkylation sites (N-methyl/N-ethyl adjacent to an activating group) is 1. The predicted octanol–water partition coefficient (Wildman–Crippen LogP) is 0.459. The number of amides is 1. The number of carbonyl (C=O) groups excluding carboxylic acids is 1. The summed E-state index contributed by atoms with van der Waals surface area (Å²) in [5.41, 5.74) is 0.0701. The highest BCUT2D eigenvalue weighted by atomic mass is 16.5. The molecule has 0 aromatic heterocycles. The lowest BCUT2D eigenvalue weighted by molar-refractivity contribution is -0.121. The van der Waals surface area contributed by atoms with Gasteiger partial charge in [0.05, 0.1) is 6.61 Å². The van der Waals surface area contributed by atoms with Crippen molar-refractivity contribution >= 4 is 5.91 Å². The molecule has 0 radical (unpaired) electrons. The van der Waals surface area contributed by atoms with Gasteiger partial charge in [0, 0.05) is 45.2 Å². The van der Waals surface area contributed by atoms with Crippen molar-refractivity contribution in [2.75, 3.05) is 46.9 Å². The van der Waals surface area contributed by atoms with Crippen LogP contribution in [0.5, 0.6) is 0 Å². The second-order valence-electron chi connectivity index (χ2n) is 5.57. The summed E-state index contributed by atoms with van der Waals surface area (Å²) in [6, 6.07) is 0. The van der Waals surface area contributed by atoms with Crippen molar-refractivity contribution < 1.29 is 9.53 Å². The second-order valence-corrected chi connectivity index (χ2v) is 5.57. The molecule has 5 nitrogen and oxygen atoms in total. The zero-order valence-electron chi connectivity index (χ0n) is 12.5. The third-order valence-electron chi connectivity index (χ3n) is 2.50. The van der Waals surface area contributed by atoms with E-state index in [0.717, 1.165) is 26.2 Å². The molecule has 0 unspecified atom stereocenters. The molecule has 1 amide bonds. The maximum absolute atomic E-state index is 11.5. The molecule has 0 aromatic carbocycles. The Morgan fingerprint density at radius 2 is 1.89 bits per heavy atom. The SMILES string of the molecule is COCCN(C)CCNC(=O)CCNC(C)(C)C. The van der Waals surface area contributed by atoms with Gasteiger partial charge in [0.1, 0.15) is 0 Å². The van der Waals surface area contributed by atoms with E-state index in [2.05, 4.69) is 36.3 Å². The highest BCUT2D eigenvalue weighted by Crippen LogP contribution is 1.97. The molecule has 18 heavy (non-hydrogen) atoms. The van der Waals surface area contributed by atoms with Gasteiger partial charge in [-0.3, -0.25) is 4.79 Å². The van der Waals surface area contributed by atoms with E-state index in [0.29, 0.717) is 13.0 Å². The normalized spacial score (nSPS) is 11.9. The van der Waals surface area contributed by atoms with Gasteiger partial charge in [-0.05, 0) is 27.8 Å². The highest BCUT2D eigenvalue weighted by Gasteiger charge is 2.09. The van der Waals surface area contributed by atoms with Crippen molar-refractivity contribution in [1.29, 1.82) is 0 Å². The van der Waals surface area contributed by atoms with Crippen molar-refractivity contribution in [3.05, 3.63) is 0 Å². The number of rotatable bonds is 9. The fraction of sp³-hybridized carbons (Fsp3) is 0.923. The van der Waals surface area contributed by atoms with Crippen molar-refractivity contribution in [1.82, 2.24) is 15.5 Å². The van der Waals surface area contributed by atoms with Crippen LogP contribution in [0.4, 0.5) is 0 Å². The minimum Gasteiger partial charge on any atom is -0.383 e. The number of methoxy groups -OCH3 is 1. The zero-order valence-corrected chi connectivity index (χ0v) is 12.5. The number of hydrogen-bond donors (Lipinski definition) is 2. The number of carbonyl (C=O) groups is 1. The van der Waals surface area contributed by atoms with Crippen LogP contribution in [0.3, 0.4) is 0 Å². The Morgan fingerprint density at radius 3 is 2.44 bits per heavy atom. The molecular weight excluding hydrogens is 230 g/mol. The molecule has 0 saturated heterocycles. The fourth-order valence-electron chi connectivity index (χ4n) is 1.38. The van der Waals surface area contributed by atoms with E-state index in [4.69, 9.17) is 4.74 Å². The molecule has 0 aromatic rings. The molecule has 0 atom stereocenters. The zero-order chi connectivity index (χ0) is 14.0. The standard InChI is InChI=1S/C13H29N3O2/c1-13(2,3)15-7-6-12(17)14-8-9-16(4)10-11-18-5/h15H,6-11H2,1-5H3,(H,14,17). The van der Waals surface area contributed by atoms with Gasteiger partial charge in [-0.15, -0.1) is 0 Å². The van der Waals surface area contributed by atoms with E-state index in [1.807, 2.05) is 7.05 Å². The lowest BCUT2D eigenvalue weighted by Gasteiger charge is -2.20. The first-order valence-electron chi connectivity index (χ1n) is 6.54. The van der Waals surface area contributed by atoms with E-state index in [1.165, 1.54) is 0 Å². The molecule has 0 aliphatic carbocycles. The largest absolute Gasteiger partial charge is 0.383 e. The van der Waals surface area contributed by atoms with Gasteiger partial charge in [-0.1, -0.05) is 0 Å². The van der Waals surface area contributed by atoms with Crippen LogP contribution in [-0.4, -0.2) is 63.3 Å². The number of ether oxygens (including phenoxy) is 1. The number of nitrogens with zero attached hydrogens (tertiary/aromatic N) is 1. The van der Waals surface area contributed by atoms with Crippen LogP contribution in [0.1, 0.15) is 27.2 Å². The van der Waals surface area contributed by atoms with Crippen molar-refractivity contribution in [2.45, 2.75) is 32.7 Å². The quantitative estimate of drug-likeness (QED) is 0.631. The summed E-state index contributed by atoms with van der Waals surface area (Å²) in [6.45, 7) is 10.1. The topological polar surface area (TPSA) is 53.6 Å². The minimum atomic E-state index is 0.0701. The molecule has 0 saturated carbocycles. The van der Waals surface area contributed by atoms with Crippen LogP contribution in [0.25, 0.3) is 0 Å². The van der Waals surface area contributed by atoms with Crippen LogP contribution >= 0.6 is 0 Å². The molecule has 0 aliphatic rings. The van der Waals surface area contributed by atoms with Gasteiger partial charge in [-0.25, -0.2) is 0 Å². The van der Waals surface area contributed by atoms with Crippen LogP contribution in [0, 0.1) is 0 Å². The summed E-state index contributed by atoms with van der Waals surface area (Å²) in [5, 5.41) is 6.21. The summed E-state index contributed by atoms with van der Waals surface area (Å²) < 4.78 is 4.99. The first-order chi connectivity index (χ1) is 8.35. The maximum Gasteiger partial charge on any atom is 0.221 e. The summed E-state index contributed by atoms with van der Waals surface area (Å²) in [4.78, 5) is 13.7. The Hall–Kier alpha value is -0.650. The molecule has 0 spiro atoms. The van der Waals surface area contributed by atoms with Crippen molar-refractivity contribution in [3.8, 4) is 0 Å². The molecule has 0 rings (SSSR count). The first-order valence-corrected chi connectivity index (χ1v) is 6.54. The monoisotopic (exact) mass is 259 g/mol. The van der Waals surface area contributed by atoms with Crippen LogP contribution in [0.15, 0.2) is 0 Å². The van der Waals surface area contributed by atoms with E-state index in [1.54, 1.807) is 7.11 Å². The average Bonchev–Trinajstić information content (AvgIpc) is 2.24. The third-order valence-corrected chi connectivity index (χ3v) is 2.50. The van der Waals surface area contributed by atoms with Gasteiger partial charge >= 0.3 is 0 Å². The van der Waals surface area contributed by atoms with Crippen molar-refractivity contribution in [3.63, 3.8) is 0 Å². The summed E-state index contributed by atoms with van der Waals surface area (Å²) in [6.07, 6.45) is 0.527. The molecule has 2 N–H and O–H groups in total. The van der Waals surface area contributed by atoms with Crippen LogP contribution in [0.2, 0.25) is 0 Å². The number of nitrogens with one attached hydrogen (secondary N) is 2. The van der Waals surface area contributed by atoms with Gasteiger partial charge in [0.25, 0.3) is 0 Å². The van der Waals surface area contributed by atoms with E-state index in [-0.39, 0.29) is 11.4 Å². The highest BCUT2D eigenvalue weighted by molar-refractivity contribution is 5.76. The van der Waals surface area contributed by atoms with E-state index in [9.17, 15) is 4.79 Å². The van der Waals surface area contributed by atoms with Gasteiger partial charge < -0.3 is 20.3 Å². The number of hydrogen-bond acceptors (Lipinski definition) is 4. The Labute approximate surface area is 111 Å². The molecule has 5 heteroatoms. The lowest BCUT2D eigenvalue weighted by atomic mass is 10.1.